The van der Waals surface area contributed by atoms with Gasteiger partial charge in [-0.25, -0.2) is 4.79 Å². The molecule has 3 rings (SSSR count). The molecule has 0 radical (unpaired) electrons. The monoisotopic (exact) mass is 427 g/mol. The van der Waals surface area contributed by atoms with Crippen LogP contribution >= 0.6 is 11.6 Å². The summed E-state index contributed by atoms with van der Waals surface area (Å²) in [6.07, 6.45) is 7.40. The van der Waals surface area contributed by atoms with Gasteiger partial charge in [0.25, 0.3) is 0 Å². The van der Waals surface area contributed by atoms with E-state index in [0.29, 0.717) is 34.4 Å². The highest BCUT2D eigenvalue weighted by molar-refractivity contribution is 6.30. The topological polar surface area (TPSA) is 75.6 Å². The molecule has 1 aliphatic rings. The van der Waals surface area contributed by atoms with Gasteiger partial charge in [-0.15, -0.1) is 0 Å². The maximum atomic E-state index is 12.2. The average molecular weight is 428 g/mol. The van der Waals surface area contributed by atoms with Crippen LogP contribution in [0.5, 0.6) is 11.5 Å². The number of aliphatic carboxylic acids is 1. The lowest BCUT2D eigenvalue weighted by Crippen LogP contribution is -2.27. The van der Waals surface area contributed by atoms with Gasteiger partial charge in [-0.05, 0) is 66.8 Å². The molecule has 5 nitrogen and oxygen atoms in total. The molecule has 6 heteroatoms. The number of hydrogen-bond acceptors (Lipinski definition) is 3. The van der Waals surface area contributed by atoms with Gasteiger partial charge < -0.3 is 15.2 Å². The van der Waals surface area contributed by atoms with Gasteiger partial charge in [0.05, 0.1) is 0 Å². The minimum Gasteiger partial charge on any atom is -0.477 e. The van der Waals surface area contributed by atoms with Crippen molar-refractivity contribution in [3.05, 3.63) is 64.3 Å². The fourth-order valence-electron chi connectivity index (χ4n) is 3.65. The van der Waals surface area contributed by atoms with E-state index >= 15 is 0 Å². The lowest BCUT2D eigenvalue weighted by molar-refractivity contribution is -0.134. The molecule has 0 bridgehead atoms. The van der Waals surface area contributed by atoms with E-state index < -0.39 is 5.97 Å². The largest absolute Gasteiger partial charge is 0.477 e. The molecule has 0 heterocycles. The molecule has 0 aliphatic heterocycles. The van der Waals surface area contributed by atoms with E-state index in [9.17, 15) is 14.7 Å². The molecule has 0 unspecified atom stereocenters. The first kappa shape index (κ1) is 21.9. The van der Waals surface area contributed by atoms with Crippen LogP contribution in [0, 0.1) is 12.8 Å². The standard InChI is InChI=1S/C24H26ClNO4/c1-16-14-19(25)9-12-22(16)30-20-10-6-18(7-11-20)15-21(24(28)29)26-23(27)13-8-17-4-2-3-5-17/h6-7,9-12,14-15,17H,2-5,8,13H2,1H3,(H,26,27)(H,28,29)/b21-15-. The summed E-state index contributed by atoms with van der Waals surface area (Å²) in [5.74, 6) is 0.485. The van der Waals surface area contributed by atoms with Crippen LogP contribution in [0.1, 0.15) is 49.7 Å². The quantitative estimate of drug-likeness (QED) is 0.510. The summed E-state index contributed by atoms with van der Waals surface area (Å²) in [7, 11) is 0. The predicted molar refractivity (Wildman–Crippen MR) is 118 cm³/mol. The first-order valence-corrected chi connectivity index (χ1v) is 10.6. The molecule has 2 N–H and O–H groups in total. The van der Waals surface area contributed by atoms with Crippen molar-refractivity contribution in [3.8, 4) is 11.5 Å². The number of carboxylic acids is 1. The maximum absolute atomic E-state index is 12.2. The van der Waals surface area contributed by atoms with Crippen LogP contribution in [-0.4, -0.2) is 17.0 Å². The molecular weight excluding hydrogens is 402 g/mol. The SMILES string of the molecule is Cc1cc(Cl)ccc1Oc1ccc(/C=C(\NC(=O)CCC2CCCC2)C(=O)O)cc1. The lowest BCUT2D eigenvalue weighted by atomic mass is 10.0. The second-order valence-electron chi connectivity index (χ2n) is 7.68. The number of carboxylic acid groups (broad SMARTS) is 1. The first-order chi connectivity index (χ1) is 14.4. The minimum absolute atomic E-state index is 0.131. The van der Waals surface area contributed by atoms with Crippen LogP contribution in [0.25, 0.3) is 6.08 Å². The number of hydrogen-bond donors (Lipinski definition) is 2. The van der Waals surface area contributed by atoms with Crippen molar-refractivity contribution in [2.75, 3.05) is 0 Å². The van der Waals surface area contributed by atoms with Crippen LogP contribution in [0.3, 0.4) is 0 Å². The Morgan fingerprint density at radius 1 is 1.17 bits per heavy atom. The molecule has 1 amide bonds. The Hall–Kier alpha value is -2.79. The van der Waals surface area contributed by atoms with Crippen LogP contribution in [-0.2, 0) is 9.59 Å². The van der Waals surface area contributed by atoms with Crippen LogP contribution in [0.2, 0.25) is 5.02 Å². The fourth-order valence-corrected chi connectivity index (χ4v) is 3.88. The molecule has 1 aliphatic carbocycles. The van der Waals surface area contributed by atoms with E-state index in [1.165, 1.54) is 31.8 Å². The van der Waals surface area contributed by atoms with Crippen molar-refractivity contribution < 1.29 is 19.4 Å². The second kappa shape index (κ2) is 10.3. The zero-order valence-electron chi connectivity index (χ0n) is 17.0. The summed E-state index contributed by atoms with van der Waals surface area (Å²) in [5, 5.41) is 12.6. The van der Waals surface area contributed by atoms with Crippen molar-refractivity contribution in [2.24, 2.45) is 5.92 Å². The van der Waals surface area contributed by atoms with Crippen molar-refractivity contribution in [1.82, 2.24) is 5.32 Å². The summed E-state index contributed by atoms with van der Waals surface area (Å²) >= 11 is 5.96. The smallest absolute Gasteiger partial charge is 0.352 e. The molecule has 0 atom stereocenters. The third-order valence-electron chi connectivity index (χ3n) is 5.31. The number of amides is 1. The average Bonchev–Trinajstić information content (AvgIpc) is 3.23. The van der Waals surface area contributed by atoms with E-state index in [-0.39, 0.29) is 11.6 Å². The van der Waals surface area contributed by atoms with Gasteiger partial charge >= 0.3 is 5.97 Å². The van der Waals surface area contributed by atoms with E-state index in [1.54, 1.807) is 36.4 Å². The highest BCUT2D eigenvalue weighted by atomic mass is 35.5. The summed E-state index contributed by atoms with van der Waals surface area (Å²) in [6, 6.07) is 12.4. The van der Waals surface area contributed by atoms with Crippen molar-refractivity contribution in [2.45, 2.75) is 45.4 Å². The van der Waals surface area contributed by atoms with Crippen LogP contribution < -0.4 is 10.1 Å². The highest BCUT2D eigenvalue weighted by Gasteiger charge is 2.17. The van der Waals surface area contributed by atoms with Gasteiger partial charge in [0.2, 0.25) is 5.91 Å². The summed E-state index contributed by atoms with van der Waals surface area (Å²) in [4.78, 5) is 23.7. The first-order valence-electron chi connectivity index (χ1n) is 10.2. The number of aryl methyl sites for hydroxylation is 1. The van der Waals surface area contributed by atoms with E-state index in [0.717, 1.165) is 12.0 Å². The number of nitrogens with one attached hydrogen (secondary N) is 1. The Bertz CT molecular complexity index is 931. The zero-order chi connectivity index (χ0) is 21.5. The molecule has 0 saturated heterocycles. The molecule has 0 aromatic heterocycles. The van der Waals surface area contributed by atoms with Gasteiger partial charge in [-0.2, -0.15) is 0 Å². The highest BCUT2D eigenvalue weighted by Crippen LogP contribution is 2.29. The van der Waals surface area contributed by atoms with Gasteiger partial charge in [0.1, 0.15) is 17.2 Å². The number of carbonyl (C=O) groups is 2. The van der Waals surface area contributed by atoms with Gasteiger partial charge in [-0.1, -0.05) is 49.4 Å². The molecule has 1 saturated carbocycles. The lowest BCUT2D eigenvalue weighted by Gasteiger charge is -2.10. The molecule has 2 aromatic carbocycles. The minimum atomic E-state index is -1.17. The van der Waals surface area contributed by atoms with Gasteiger partial charge in [-0.3, -0.25) is 4.79 Å². The van der Waals surface area contributed by atoms with Crippen molar-refractivity contribution in [1.29, 1.82) is 0 Å². The molecule has 2 aromatic rings. The number of halogens is 1. The molecule has 0 spiro atoms. The summed E-state index contributed by atoms with van der Waals surface area (Å²) in [5.41, 5.74) is 1.44. The van der Waals surface area contributed by atoms with E-state index in [4.69, 9.17) is 16.3 Å². The molecule has 158 valence electrons. The van der Waals surface area contributed by atoms with Crippen LogP contribution in [0.4, 0.5) is 0 Å². The fraction of sp³-hybridized carbons (Fsp3) is 0.333. The number of ether oxygens (including phenoxy) is 1. The number of benzene rings is 2. The van der Waals surface area contributed by atoms with Gasteiger partial charge in [0.15, 0.2) is 0 Å². The Labute approximate surface area is 181 Å². The molecule has 30 heavy (non-hydrogen) atoms. The molecule has 1 fully saturated rings. The maximum Gasteiger partial charge on any atom is 0.352 e. The van der Waals surface area contributed by atoms with E-state index in [1.807, 2.05) is 13.0 Å². The zero-order valence-corrected chi connectivity index (χ0v) is 17.7. The number of carbonyl (C=O) groups excluding carboxylic acids is 1. The Morgan fingerprint density at radius 3 is 2.50 bits per heavy atom. The van der Waals surface area contributed by atoms with Crippen LogP contribution in [0.15, 0.2) is 48.2 Å². The second-order valence-corrected chi connectivity index (χ2v) is 8.12. The van der Waals surface area contributed by atoms with Crippen molar-refractivity contribution in [3.63, 3.8) is 0 Å². The third kappa shape index (κ3) is 6.36. The Kier molecular flexibility index (Phi) is 7.52. The van der Waals surface area contributed by atoms with E-state index in [2.05, 4.69) is 5.32 Å². The predicted octanol–water partition coefficient (Wildman–Crippen LogP) is 5.95. The number of rotatable bonds is 8. The Balaban J connectivity index is 1.62. The normalized spacial score (nSPS) is 14.5. The van der Waals surface area contributed by atoms with Crippen molar-refractivity contribution >= 4 is 29.6 Å². The summed E-state index contributed by atoms with van der Waals surface area (Å²) in [6.45, 7) is 1.91. The summed E-state index contributed by atoms with van der Waals surface area (Å²) < 4.78 is 5.85. The molecular formula is C24H26ClNO4. The Morgan fingerprint density at radius 2 is 1.87 bits per heavy atom. The van der Waals surface area contributed by atoms with Gasteiger partial charge in [0, 0.05) is 11.4 Å². The third-order valence-corrected chi connectivity index (χ3v) is 5.55.